The normalized spacial score (nSPS) is 17.4. The van der Waals surface area contributed by atoms with Crippen LogP contribution in [-0.4, -0.2) is 30.9 Å². The van der Waals surface area contributed by atoms with E-state index in [1.54, 1.807) is 18.2 Å². The number of ether oxygens (including phenoxy) is 2. The van der Waals surface area contributed by atoms with E-state index in [-0.39, 0.29) is 23.9 Å². The average molecular weight is 490 g/mol. The molecule has 0 unspecified atom stereocenters. The highest BCUT2D eigenvalue weighted by molar-refractivity contribution is 5.74. The fraction of sp³-hybridized carbons (Fsp3) is 0.333. The van der Waals surface area contributed by atoms with E-state index in [0.717, 1.165) is 60.0 Å². The maximum atomic E-state index is 13.9. The number of carbonyl (C=O) groups is 2. The van der Waals surface area contributed by atoms with E-state index >= 15 is 0 Å². The zero-order valence-corrected chi connectivity index (χ0v) is 20.5. The molecule has 0 bridgehead atoms. The zero-order chi connectivity index (χ0) is 25.3. The van der Waals surface area contributed by atoms with Crippen molar-refractivity contribution in [2.24, 2.45) is 0 Å². The van der Waals surface area contributed by atoms with Crippen LogP contribution in [0.5, 0.6) is 5.75 Å². The molecule has 1 aliphatic carbocycles. The number of halogens is 1. The number of carbonyl (C=O) groups excluding carboxylic acids is 2. The second kappa shape index (κ2) is 12.5. The second-order valence-corrected chi connectivity index (χ2v) is 9.25. The van der Waals surface area contributed by atoms with Crippen LogP contribution >= 0.6 is 0 Å². The monoisotopic (exact) mass is 489 g/mol. The molecule has 1 aliphatic rings. The van der Waals surface area contributed by atoms with Gasteiger partial charge in [0.25, 0.3) is 0 Å². The first-order chi connectivity index (χ1) is 17.5. The summed E-state index contributed by atoms with van der Waals surface area (Å²) in [5.41, 5.74) is 4.45. The molecule has 0 radical (unpaired) electrons. The fourth-order valence-corrected chi connectivity index (χ4v) is 4.56. The van der Waals surface area contributed by atoms with Gasteiger partial charge in [0.15, 0.2) is 0 Å². The van der Waals surface area contributed by atoms with Crippen molar-refractivity contribution in [1.29, 1.82) is 0 Å². The Morgan fingerprint density at radius 1 is 1.00 bits per heavy atom. The lowest BCUT2D eigenvalue weighted by Gasteiger charge is -2.29. The Labute approximate surface area is 211 Å². The number of aldehydes is 1. The molecular weight excluding hydrogens is 457 g/mol. The van der Waals surface area contributed by atoms with Gasteiger partial charge in [-0.1, -0.05) is 42.5 Å². The van der Waals surface area contributed by atoms with Crippen molar-refractivity contribution in [2.75, 3.05) is 6.54 Å². The summed E-state index contributed by atoms with van der Waals surface area (Å²) < 4.78 is 26.4. The Balaban J connectivity index is 1.35. The number of amides is 1. The minimum absolute atomic E-state index is 0.0716. The Morgan fingerprint density at radius 3 is 2.44 bits per heavy atom. The van der Waals surface area contributed by atoms with Crippen LogP contribution in [0.15, 0.2) is 66.7 Å². The summed E-state index contributed by atoms with van der Waals surface area (Å²) in [5, 5.41) is 2.82. The third-order valence-corrected chi connectivity index (χ3v) is 6.51. The van der Waals surface area contributed by atoms with Gasteiger partial charge in [-0.2, -0.15) is 0 Å². The van der Waals surface area contributed by atoms with Crippen molar-refractivity contribution >= 4 is 12.2 Å². The molecule has 6 heteroatoms. The van der Waals surface area contributed by atoms with Crippen LogP contribution in [-0.2, 0) is 22.6 Å². The van der Waals surface area contributed by atoms with Gasteiger partial charge in [0.1, 0.15) is 17.9 Å². The largest absolute Gasteiger partial charge is 0.490 e. The zero-order valence-electron chi connectivity index (χ0n) is 20.5. The van der Waals surface area contributed by atoms with Crippen molar-refractivity contribution in [1.82, 2.24) is 5.32 Å². The topological polar surface area (TPSA) is 64.6 Å². The predicted molar refractivity (Wildman–Crippen MR) is 138 cm³/mol. The number of hydrogen-bond donors (Lipinski definition) is 1. The van der Waals surface area contributed by atoms with Crippen LogP contribution in [0.25, 0.3) is 11.1 Å². The number of hydrogen-bond acceptors (Lipinski definition) is 4. The third kappa shape index (κ3) is 7.25. The molecule has 1 fully saturated rings. The number of nitrogens with one attached hydrogen (secondary N) is 1. The fourth-order valence-electron chi connectivity index (χ4n) is 4.56. The van der Waals surface area contributed by atoms with Gasteiger partial charge in [-0.3, -0.25) is 9.59 Å². The highest BCUT2D eigenvalue weighted by Gasteiger charge is 2.23. The SMILES string of the molecule is CC(=O)NCCc1ccc(OC2CCC(OCc3ccc(C=O)cc3)CC2)cc1-c1cccc(F)c1. The highest BCUT2D eigenvalue weighted by Crippen LogP contribution is 2.32. The second-order valence-electron chi connectivity index (χ2n) is 9.25. The van der Waals surface area contributed by atoms with E-state index in [4.69, 9.17) is 9.47 Å². The minimum Gasteiger partial charge on any atom is -0.490 e. The van der Waals surface area contributed by atoms with Gasteiger partial charge < -0.3 is 14.8 Å². The summed E-state index contributed by atoms with van der Waals surface area (Å²) in [6.07, 6.45) is 5.41. The van der Waals surface area contributed by atoms with E-state index in [0.29, 0.717) is 25.1 Å². The van der Waals surface area contributed by atoms with E-state index in [1.807, 2.05) is 36.4 Å². The number of benzene rings is 3. The minimum atomic E-state index is -0.287. The average Bonchev–Trinajstić information content (AvgIpc) is 2.89. The summed E-state index contributed by atoms with van der Waals surface area (Å²) >= 11 is 0. The first kappa shape index (κ1) is 25.6. The maximum Gasteiger partial charge on any atom is 0.216 e. The van der Waals surface area contributed by atoms with Crippen LogP contribution in [0.1, 0.15) is 54.1 Å². The first-order valence-corrected chi connectivity index (χ1v) is 12.5. The first-order valence-electron chi connectivity index (χ1n) is 12.5. The van der Waals surface area contributed by atoms with Crippen molar-refractivity contribution in [3.05, 3.63) is 89.2 Å². The number of rotatable bonds is 10. The molecule has 0 aromatic heterocycles. The maximum absolute atomic E-state index is 13.9. The van der Waals surface area contributed by atoms with Crippen LogP contribution in [0, 0.1) is 5.82 Å². The molecule has 3 aromatic carbocycles. The summed E-state index contributed by atoms with van der Waals surface area (Å²) in [5.74, 6) is 0.402. The molecule has 0 atom stereocenters. The lowest BCUT2D eigenvalue weighted by Crippen LogP contribution is -2.28. The Morgan fingerprint density at radius 2 is 1.75 bits per heavy atom. The Bertz CT molecular complexity index is 1170. The molecule has 0 spiro atoms. The lowest BCUT2D eigenvalue weighted by molar-refractivity contribution is -0.118. The third-order valence-electron chi connectivity index (χ3n) is 6.51. The van der Waals surface area contributed by atoms with Crippen LogP contribution in [0.2, 0.25) is 0 Å². The van der Waals surface area contributed by atoms with Gasteiger partial charge in [-0.25, -0.2) is 4.39 Å². The quantitative estimate of drug-likeness (QED) is 0.361. The van der Waals surface area contributed by atoms with E-state index in [1.165, 1.54) is 19.1 Å². The molecule has 1 N–H and O–H groups in total. The van der Waals surface area contributed by atoms with Crippen molar-refractivity contribution in [2.45, 2.75) is 57.8 Å². The van der Waals surface area contributed by atoms with Gasteiger partial charge in [-0.05, 0) is 78.6 Å². The molecular formula is C30H32FNO4. The van der Waals surface area contributed by atoms with E-state index < -0.39 is 0 Å². The van der Waals surface area contributed by atoms with Gasteiger partial charge in [0.2, 0.25) is 5.91 Å². The van der Waals surface area contributed by atoms with Crippen molar-refractivity contribution < 1.29 is 23.5 Å². The lowest BCUT2D eigenvalue weighted by atomic mass is 9.94. The van der Waals surface area contributed by atoms with Gasteiger partial charge in [0.05, 0.1) is 18.8 Å². The molecule has 1 amide bonds. The summed E-state index contributed by atoms with van der Waals surface area (Å²) in [4.78, 5) is 22.1. The summed E-state index contributed by atoms with van der Waals surface area (Å²) in [7, 11) is 0. The molecule has 0 heterocycles. The van der Waals surface area contributed by atoms with E-state index in [9.17, 15) is 14.0 Å². The molecule has 3 aromatic rings. The molecule has 0 saturated heterocycles. The Hall–Kier alpha value is -3.51. The van der Waals surface area contributed by atoms with Crippen LogP contribution in [0.4, 0.5) is 4.39 Å². The van der Waals surface area contributed by atoms with E-state index in [2.05, 4.69) is 5.32 Å². The van der Waals surface area contributed by atoms with Gasteiger partial charge in [0, 0.05) is 19.0 Å². The van der Waals surface area contributed by atoms with Crippen molar-refractivity contribution in [3.8, 4) is 16.9 Å². The Kier molecular flexibility index (Phi) is 8.85. The molecule has 4 rings (SSSR count). The van der Waals surface area contributed by atoms with Crippen LogP contribution in [0.3, 0.4) is 0 Å². The highest BCUT2D eigenvalue weighted by atomic mass is 19.1. The molecule has 36 heavy (non-hydrogen) atoms. The van der Waals surface area contributed by atoms with Gasteiger partial charge in [-0.15, -0.1) is 0 Å². The van der Waals surface area contributed by atoms with Crippen molar-refractivity contribution in [3.63, 3.8) is 0 Å². The van der Waals surface area contributed by atoms with Gasteiger partial charge >= 0.3 is 0 Å². The smallest absolute Gasteiger partial charge is 0.216 e. The molecule has 0 aliphatic heterocycles. The molecule has 5 nitrogen and oxygen atoms in total. The summed E-state index contributed by atoms with van der Waals surface area (Å²) in [6.45, 7) is 2.55. The predicted octanol–water partition coefficient (Wildman–Crippen LogP) is 5.89. The summed E-state index contributed by atoms with van der Waals surface area (Å²) in [6, 6.07) is 19.9. The molecule has 188 valence electrons. The van der Waals surface area contributed by atoms with Crippen LogP contribution < -0.4 is 10.1 Å². The molecule has 1 saturated carbocycles. The standard InChI is InChI=1S/C30H32FNO4/c1-21(34)32-16-15-24-9-10-29(18-30(24)25-3-2-4-26(31)17-25)36-28-13-11-27(12-14-28)35-20-23-7-5-22(19-33)6-8-23/h2-10,17-19,27-28H,11-16,20H2,1H3,(H,32,34).